The Morgan fingerprint density at radius 3 is 2.63 bits per heavy atom. The largest absolute Gasteiger partial charge is 0.355 e. The van der Waals surface area contributed by atoms with Crippen molar-refractivity contribution in [1.29, 1.82) is 0 Å². The molecule has 0 spiro atoms. The summed E-state index contributed by atoms with van der Waals surface area (Å²) in [6.07, 6.45) is 3.66. The van der Waals surface area contributed by atoms with Gasteiger partial charge in [-0.2, -0.15) is 5.10 Å². The maximum absolute atomic E-state index is 13.2. The third kappa shape index (κ3) is 4.38. The van der Waals surface area contributed by atoms with Crippen molar-refractivity contribution in [3.63, 3.8) is 0 Å². The average molecular weight is 480 g/mol. The number of rotatable bonds is 6. The van der Waals surface area contributed by atoms with Crippen molar-refractivity contribution in [2.45, 2.75) is 12.0 Å². The van der Waals surface area contributed by atoms with Crippen LogP contribution in [0.5, 0.6) is 0 Å². The minimum Gasteiger partial charge on any atom is -0.355 e. The number of aromatic nitrogens is 2. The van der Waals surface area contributed by atoms with Crippen LogP contribution in [0.25, 0.3) is 27.5 Å². The first-order valence-electron chi connectivity index (χ1n) is 11.3. The summed E-state index contributed by atoms with van der Waals surface area (Å²) in [6, 6.07) is 27.4. The van der Waals surface area contributed by atoms with Gasteiger partial charge in [-0.1, -0.05) is 60.3 Å². The zero-order valence-corrected chi connectivity index (χ0v) is 19.5. The van der Waals surface area contributed by atoms with E-state index in [1.54, 1.807) is 30.1 Å². The zero-order chi connectivity index (χ0) is 23.6. The van der Waals surface area contributed by atoms with Crippen LogP contribution in [0.1, 0.15) is 16.8 Å². The van der Waals surface area contributed by atoms with Gasteiger partial charge in [0.25, 0.3) is 0 Å². The number of fused-ring (bicyclic) bond motifs is 3. The summed E-state index contributed by atoms with van der Waals surface area (Å²) in [7, 11) is 0. The number of para-hydroxylation sites is 1. The van der Waals surface area contributed by atoms with Crippen LogP contribution in [0.3, 0.4) is 0 Å². The molecule has 1 aliphatic rings. The van der Waals surface area contributed by atoms with Gasteiger partial charge in [-0.05, 0) is 52.9 Å². The lowest BCUT2D eigenvalue weighted by Crippen LogP contribution is -2.31. The summed E-state index contributed by atoms with van der Waals surface area (Å²) in [5, 5.41) is 12.1. The number of nitrogens with zero attached hydrogens (tertiary/aromatic N) is 3. The second-order valence-electron chi connectivity index (χ2n) is 8.30. The van der Waals surface area contributed by atoms with E-state index in [0.29, 0.717) is 0 Å². The fourth-order valence-electron chi connectivity index (χ4n) is 4.33. The van der Waals surface area contributed by atoms with Gasteiger partial charge in [0, 0.05) is 22.8 Å². The van der Waals surface area contributed by atoms with Gasteiger partial charge >= 0.3 is 0 Å². The highest BCUT2D eigenvalue weighted by Crippen LogP contribution is 2.30. The van der Waals surface area contributed by atoms with E-state index in [-0.39, 0.29) is 11.3 Å². The number of benzene rings is 3. The molecule has 0 bridgehead atoms. The van der Waals surface area contributed by atoms with E-state index in [9.17, 15) is 4.39 Å². The van der Waals surface area contributed by atoms with Crippen molar-refractivity contribution >= 4 is 45.5 Å². The van der Waals surface area contributed by atoms with Crippen LogP contribution in [-0.2, 0) is 6.54 Å². The van der Waals surface area contributed by atoms with E-state index < -0.39 is 0 Å². The summed E-state index contributed by atoms with van der Waals surface area (Å²) in [5.41, 5.74) is 9.20. The van der Waals surface area contributed by atoms with Crippen molar-refractivity contribution in [3.8, 4) is 0 Å². The molecule has 5 aromatic rings. The minimum atomic E-state index is -0.244. The second-order valence-corrected chi connectivity index (χ2v) is 9.28. The lowest BCUT2D eigenvalue weighted by molar-refractivity contribution is 0.627. The Morgan fingerprint density at radius 1 is 0.971 bits per heavy atom. The van der Waals surface area contributed by atoms with Crippen molar-refractivity contribution in [2.75, 3.05) is 0 Å². The molecule has 7 heteroatoms. The molecule has 35 heavy (non-hydrogen) atoms. The molecule has 1 unspecified atom stereocenters. The molecule has 0 amide bonds. The van der Waals surface area contributed by atoms with Gasteiger partial charge in [0.15, 0.2) is 5.50 Å². The number of thioether (sulfide) groups is 1. The van der Waals surface area contributed by atoms with Gasteiger partial charge in [-0.3, -0.25) is 10.4 Å². The molecule has 2 aromatic heterocycles. The van der Waals surface area contributed by atoms with Crippen LogP contribution in [0.4, 0.5) is 4.39 Å². The monoisotopic (exact) mass is 479 g/mol. The van der Waals surface area contributed by atoms with E-state index >= 15 is 0 Å². The molecular weight excluding hydrogens is 457 g/mol. The molecule has 2 N–H and O–H groups in total. The molecule has 0 aliphatic carbocycles. The fraction of sp³-hybridized carbons (Fsp3) is 0.0714. The predicted molar refractivity (Wildman–Crippen MR) is 142 cm³/mol. The Kier molecular flexibility index (Phi) is 5.68. The van der Waals surface area contributed by atoms with Crippen LogP contribution in [0.2, 0.25) is 0 Å². The van der Waals surface area contributed by atoms with E-state index in [0.717, 1.165) is 34.4 Å². The molecule has 172 valence electrons. The summed E-state index contributed by atoms with van der Waals surface area (Å²) in [5.74, 6) is -0.244. The first kappa shape index (κ1) is 21.4. The zero-order valence-electron chi connectivity index (χ0n) is 18.7. The van der Waals surface area contributed by atoms with Crippen molar-refractivity contribution in [1.82, 2.24) is 20.3 Å². The van der Waals surface area contributed by atoms with E-state index in [2.05, 4.69) is 80.0 Å². The van der Waals surface area contributed by atoms with E-state index in [1.165, 1.54) is 28.6 Å². The second kappa shape index (κ2) is 9.27. The number of hydrogen-bond donors (Lipinski definition) is 2. The van der Waals surface area contributed by atoms with E-state index in [4.69, 9.17) is 0 Å². The predicted octanol–water partition coefficient (Wildman–Crippen LogP) is 5.92. The van der Waals surface area contributed by atoms with Gasteiger partial charge in [-0.25, -0.2) is 4.39 Å². The number of hydrogen-bond acceptors (Lipinski definition) is 5. The van der Waals surface area contributed by atoms with Gasteiger partial charge in [-0.15, -0.1) is 0 Å². The number of nitrogens with one attached hydrogen (secondary N) is 2. The van der Waals surface area contributed by atoms with Gasteiger partial charge in [0.05, 0.1) is 29.3 Å². The summed E-state index contributed by atoms with van der Waals surface area (Å²) < 4.78 is 15.5. The number of halogens is 1. The van der Waals surface area contributed by atoms with Crippen molar-refractivity contribution in [3.05, 3.63) is 119 Å². The molecule has 5 nitrogen and oxygen atoms in total. The molecule has 1 atom stereocenters. The SMILES string of the molecule is Fc1ccc(C2=CSC(NN=Cc3cc4c5ccccc5n(Cc5ccccc5)c4cn3)N2)cc1. The lowest BCUT2D eigenvalue weighted by atomic mass is 10.2. The standard InChI is InChI=1S/C28H22FN5S/c29-21-12-10-20(11-13-21)25-18-35-28(32-25)33-31-15-22-14-24-23-8-4-5-9-26(23)34(27(24)16-30-22)17-19-6-2-1-3-7-19/h1-16,18,28,32-33H,17H2. The summed E-state index contributed by atoms with van der Waals surface area (Å²) in [4.78, 5) is 4.65. The molecule has 0 saturated carbocycles. The molecular formula is C28H22FN5S. The Labute approximate surface area is 206 Å². The fourth-order valence-corrected chi connectivity index (χ4v) is 5.12. The van der Waals surface area contributed by atoms with Gasteiger partial charge in [0.1, 0.15) is 5.82 Å². The van der Waals surface area contributed by atoms with Gasteiger partial charge in [0.2, 0.25) is 0 Å². The van der Waals surface area contributed by atoms with Crippen LogP contribution in [0, 0.1) is 5.82 Å². The first-order valence-corrected chi connectivity index (χ1v) is 12.3. The van der Waals surface area contributed by atoms with Crippen molar-refractivity contribution in [2.24, 2.45) is 5.10 Å². The quantitative estimate of drug-likeness (QED) is 0.235. The number of hydrazone groups is 1. The van der Waals surface area contributed by atoms with E-state index in [1.807, 2.05) is 17.7 Å². The third-order valence-corrected chi connectivity index (χ3v) is 6.88. The maximum Gasteiger partial charge on any atom is 0.165 e. The molecule has 6 rings (SSSR count). The normalized spacial score (nSPS) is 15.6. The molecule has 1 aliphatic heterocycles. The Bertz CT molecular complexity index is 1560. The summed E-state index contributed by atoms with van der Waals surface area (Å²) >= 11 is 1.58. The average Bonchev–Trinajstić information content (AvgIpc) is 3.49. The Morgan fingerprint density at radius 2 is 1.77 bits per heavy atom. The molecule has 3 heterocycles. The topological polar surface area (TPSA) is 54.2 Å². The molecule has 0 saturated heterocycles. The molecule has 3 aromatic carbocycles. The highest BCUT2D eigenvalue weighted by Gasteiger charge is 2.17. The smallest absolute Gasteiger partial charge is 0.165 e. The molecule has 0 fully saturated rings. The number of pyridine rings is 1. The maximum atomic E-state index is 13.2. The minimum absolute atomic E-state index is 0.108. The summed E-state index contributed by atoms with van der Waals surface area (Å²) in [6.45, 7) is 0.787. The first-order chi connectivity index (χ1) is 17.2. The van der Waals surface area contributed by atoms with Crippen molar-refractivity contribution < 1.29 is 4.39 Å². The van der Waals surface area contributed by atoms with Crippen LogP contribution >= 0.6 is 11.8 Å². The Balaban J connectivity index is 1.21. The third-order valence-electron chi connectivity index (χ3n) is 6.02. The van der Waals surface area contributed by atoms with Crippen LogP contribution in [-0.4, -0.2) is 21.3 Å². The van der Waals surface area contributed by atoms with Crippen LogP contribution < -0.4 is 10.7 Å². The van der Waals surface area contributed by atoms with Crippen LogP contribution in [0.15, 0.2) is 102 Å². The highest BCUT2D eigenvalue weighted by molar-refractivity contribution is 8.03. The highest BCUT2D eigenvalue weighted by atomic mass is 32.2. The lowest BCUT2D eigenvalue weighted by Gasteiger charge is -2.12. The molecule has 0 radical (unpaired) electrons. The van der Waals surface area contributed by atoms with Gasteiger partial charge < -0.3 is 9.88 Å². The Hall–Kier alpha value is -4.10.